The monoisotopic (exact) mass is 314 g/mol. The predicted molar refractivity (Wildman–Crippen MR) is 99.6 cm³/mol. The number of hydrogen-bond acceptors (Lipinski definition) is 1. The molecule has 2 aromatic rings. The molecule has 0 aliphatic carbocycles. The standard InChI is InChI=1S/C23H22O/c1-3-5-19-7-11-21(12-8-19)15-17-23(24)18-16-22-13-9-20(6-4-2)10-14-22/h7-14H,3-6H2,1-2H3. The summed E-state index contributed by atoms with van der Waals surface area (Å²) in [6.45, 7) is 4.31. The zero-order valence-electron chi connectivity index (χ0n) is 14.4. The lowest BCUT2D eigenvalue weighted by Crippen LogP contribution is -1.89. The lowest BCUT2D eigenvalue weighted by Gasteiger charge is -1.97. The first-order chi connectivity index (χ1) is 11.7. The first-order valence-corrected chi connectivity index (χ1v) is 8.47. The van der Waals surface area contributed by atoms with E-state index in [0.29, 0.717) is 0 Å². The minimum Gasteiger partial charge on any atom is -0.270 e. The molecular weight excluding hydrogens is 292 g/mol. The third-order valence-electron chi connectivity index (χ3n) is 3.63. The SMILES string of the molecule is CCCc1ccc(C#CC(=O)C#Cc2ccc(CCC)cc2)cc1. The second-order valence-corrected chi connectivity index (χ2v) is 5.72. The fourth-order valence-electron chi connectivity index (χ4n) is 2.38. The summed E-state index contributed by atoms with van der Waals surface area (Å²) >= 11 is 0. The summed E-state index contributed by atoms with van der Waals surface area (Å²) in [5.74, 6) is 10.6. The minimum absolute atomic E-state index is 0.356. The summed E-state index contributed by atoms with van der Waals surface area (Å²) in [7, 11) is 0. The molecule has 0 N–H and O–H groups in total. The van der Waals surface area contributed by atoms with Gasteiger partial charge >= 0.3 is 0 Å². The Morgan fingerprint density at radius 1 is 0.708 bits per heavy atom. The molecule has 0 bridgehead atoms. The van der Waals surface area contributed by atoms with Crippen LogP contribution in [0.25, 0.3) is 0 Å². The molecule has 2 rings (SSSR count). The summed E-state index contributed by atoms with van der Waals surface area (Å²) in [5.41, 5.74) is 4.27. The third-order valence-corrected chi connectivity index (χ3v) is 3.63. The van der Waals surface area contributed by atoms with Crippen molar-refractivity contribution >= 4 is 5.78 Å². The number of aryl methyl sites for hydroxylation is 2. The fourth-order valence-corrected chi connectivity index (χ4v) is 2.38. The van der Waals surface area contributed by atoms with Gasteiger partial charge < -0.3 is 0 Å². The van der Waals surface area contributed by atoms with Gasteiger partial charge in [0.05, 0.1) is 0 Å². The van der Waals surface area contributed by atoms with Gasteiger partial charge in [0.15, 0.2) is 0 Å². The molecule has 0 amide bonds. The molecule has 1 heteroatoms. The molecule has 0 saturated heterocycles. The van der Waals surface area contributed by atoms with Crippen molar-refractivity contribution in [1.29, 1.82) is 0 Å². The number of carbonyl (C=O) groups is 1. The minimum atomic E-state index is -0.356. The molecular formula is C23H22O. The molecule has 0 saturated carbocycles. The maximum absolute atomic E-state index is 11.8. The van der Waals surface area contributed by atoms with Crippen LogP contribution in [0.5, 0.6) is 0 Å². The smallest absolute Gasteiger partial charge is 0.270 e. The van der Waals surface area contributed by atoms with E-state index in [1.807, 2.05) is 24.3 Å². The van der Waals surface area contributed by atoms with Crippen molar-refractivity contribution in [3.63, 3.8) is 0 Å². The van der Waals surface area contributed by atoms with Gasteiger partial charge in [-0.25, -0.2) is 0 Å². The Morgan fingerprint density at radius 2 is 1.08 bits per heavy atom. The maximum Gasteiger partial charge on any atom is 0.279 e. The molecule has 0 atom stereocenters. The van der Waals surface area contributed by atoms with Crippen LogP contribution < -0.4 is 0 Å². The van der Waals surface area contributed by atoms with Crippen LogP contribution in [0, 0.1) is 23.7 Å². The van der Waals surface area contributed by atoms with E-state index >= 15 is 0 Å². The summed E-state index contributed by atoms with van der Waals surface area (Å²) in [6.07, 6.45) is 4.38. The molecule has 0 unspecified atom stereocenters. The Bertz CT molecular complexity index is 718. The largest absolute Gasteiger partial charge is 0.279 e. The van der Waals surface area contributed by atoms with Gasteiger partial charge in [-0.05, 0) is 60.1 Å². The number of Topliss-reactive ketones (excluding diaryl/α,β-unsaturated/α-hetero) is 1. The summed E-state index contributed by atoms with van der Waals surface area (Å²) in [5, 5.41) is 0. The molecule has 0 radical (unpaired) electrons. The van der Waals surface area contributed by atoms with E-state index < -0.39 is 0 Å². The fraction of sp³-hybridized carbons (Fsp3) is 0.261. The maximum atomic E-state index is 11.8. The zero-order chi connectivity index (χ0) is 17.2. The summed E-state index contributed by atoms with van der Waals surface area (Å²) in [4.78, 5) is 11.8. The lowest BCUT2D eigenvalue weighted by atomic mass is 10.1. The van der Waals surface area contributed by atoms with E-state index in [1.165, 1.54) is 11.1 Å². The summed E-state index contributed by atoms with van der Waals surface area (Å²) in [6, 6.07) is 16.0. The molecule has 0 aliphatic rings. The van der Waals surface area contributed by atoms with Crippen LogP contribution in [-0.2, 0) is 17.6 Å². The Morgan fingerprint density at radius 3 is 1.42 bits per heavy atom. The van der Waals surface area contributed by atoms with Crippen molar-refractivity contribution in [1.82, 2.24) is 0 Å². The highest BCUT2D eigenvalue weighted by atomic mass is 16.1. The molecule has 0 aromatic heterocycles. The van der Waals surface area contributed by atoms with Crippen LogP contribution >= 0.6 is 0 Å². The Balaban J connectivity index is 1.98. The van der Waals surface area contributed by atoms with Crippen LogP contribution in [-0.4, -0.2) is 5.78 Å². The molecule has 0 heterocycles. The third kappa shape index (κ3) is 5.79. The lowest BCUT2D eigenvalue weighted by molar-refractivity contribution is -0.108. The Hall–Kier alpha value is -2.77. The molecule has 2 aromatic carbocycles. The van der Waals surface area contributed by atoms with Crippen molar-refractivity contribution < 1.29 is 4.79 Å². The highest BCUT2D eigenvalue weighted by Crippen LogP contribution is 2.06. The quantitative estimate of drug-likeness (QED) is 0.756. The van der Waals surface area contributed by atoms with Crippen LogP contribution in [0.3, 0.4) is 0 Å². The number of ketones is 1. The van der Waals surface area contributed by atoms with Crippen molar-refractivity contribution in [2.45, 2.75) is 39.5 Å². The van der Waals surface area contributed by atoms with Crippen LogP contribution in [0.4, 0.5) is 0 Å². The predicted octanol–water partition coefficient (Wildman–Crippen LogP) is 4.56. The van der Waals surface area contributed by atoms with E-state index in [9.17, 15) is 4.79 Å². The van der Waals surface area contributed by atoms with Gasteiger partial charge in [-0.3, -0.25) is 4.79 Å². The number of hydrogen-bond donors (Lipinski definition) is 0. The average molecular weight is 314 g/mol. The van der Waals surface area contributed by atoms with Crippen molar-refractivity contribution in [3.8, 4) is 23.7 Å². The van der Waals surface area contributed by atoms with Gasteiger partial charge in [0, 0.05) is 11.1 Å². The molecule has 120 valence electrons. The van der Waals surface area contributed by atoms with E-state index in [0.717, 1.165) is 36.8 Å². The Kier molecular flexibility index (Phi) is 6.88. The number of carbonyl (C=O) groups excluding carboxylic acids is 1. The van der Waals surface area contributed by atoms with Gasteiger partial charge in [0.1, 0.15) is 0 Å². The number of rotatable bonds is 4. The van der Waals surface area contributed by atoms with E-state index in [-0.39, 0.29) is 5.78 Å². The van der Waals surface area contributed by atoms with E-state index in [2.05, 4.69) is 61.8 Å². The second kappa shape index (κ2) is 9.39. The first kappa shape index (κ1) is 17.6. The first-order valence-electron chi connectivity index (χ1n) is 8.47. The van der Waals surface area contributed by atoms with Crippen molar-refractivity contribution in [2.75, 3.05) is 0 Å². The molecule has 0 aliphatic heterocycles. The summed E-state index contributed by atoms with van der Waals surface area (Å²) < 4.78 is 0. The van der Waals surface area contributed by atoms with Gasteiger partial charge in [0.25, 0.3) is 5.78 Å². The number of benzene rings is 2. The van der Waals surface area contributed by atoms with Gasteiger partial charge in [0.2, 0.25) is 0 Å². The van der Waals surface area contributed by atoms with Crippen LogP contribution in [0.1, 0.15) is 48.9 Å². The van der Waals surface area contributed by atoms with Crippen molar-refractivity contribution in [3.05, 3.63) is 70.8 Å². The normalized spacial score (nSPS) is 9.42. The molecule has 0 fully saturated rings. The van der Waals surface area contributed by atoms with Gasteiger partial charge in [-0.2, -0.15) is 0 Å². The van der Waals surface area contributed by atoms with Crippen molar-refractivity contribution in [2.24, 2.45) is 0 Å². The van der Waals surface area contributed by atoms with Gasteiger partial charge in [-0.15, -0.1) is 0 Å². The molecule has 1 nitrogen and oxygen atoms in total. The second-order valence-electron chi connectivity index (χ2n) is 5.72. The van der Waals surface area contributed by atoms with E-state index in [1.54, 1.807) is 0 Å². The van der Waals surface area contributed by atoms with Crippen LogP contribution in [0.15, 0.2) is 48.5 Å². The highest BCUT2D eigenvalue weighted by Gasteiger charge is 1.94. The highest BCUT2D eigenvalue weighted by molar-refractivity contribution is 6.09. The zero-order valence-corrected chi connectivity index (χ0v) is 14.4. The van der Waals surface area contributed by atoms with Gasteiger partial charge in [-0.1, -0.05) is 62.8 Å². The topological polar surface area (TPSA) is 17.1 Å². The van der Waals surface area contributed by atoms with Crippen LogP contribution in [0.2, 0.25) is 0 Å². The van der Waals surface area contributed by atoms with E-state index in [4.69, 9.17) is 0 Å². The molecule has 0 spiro atoms. The molecule has 24 heavy (non-hydrogen) atoms. The Labute approximate surface area is 145 Å². The average Bonchev–Trinajstić information content (AvgIpc) is 2.61.